The molecule has 0 aliphatic carbocycles. The molecule has 0 aromatic heterocycles. The number of benzene rings is 2. The summed E-state index contributed by atoms with van der Waals surface area (Å²) in [6.45, 7) is 7.79. The van der Waals surface area contributed by atoms with Gasteiger partial charge in [-0.3, -0.25) is 9.59 Å². The molecule has 0 aliphatic rings. The summed E-state index contributed by atoms with van der Waals surface area (Å²) in [6.07, 6.45) is 6.43. The van der Waals surface area contributed by atoms with Crippen molar-refractivity contribution in [1.29, 1.82) is 0 Å². The molecule has 0 aliphatic heterocycles. The Morgan fingerprint density at radius 3 is 2.03 bits per heavy atom. The van der Waals surface area contributed by atoms with Gasteiger partial charge in [0.05, 0.1) is 11.1 Å². The Bertz CT molecular complexity index is 791. The number of anilines is 1. The van der Waals surface area contributed by atoms with Crippen LogP contribution in [0.15, 0.2) is 48.5 Å². The number of carbonyl (C=O) groups is 2. The number of carbonyl (C=O) groups excluding carboxylic acids is 2. The van der Waals surface area contributed by atoms with Gasteiger partial charge in [-0.05, 0) is 49.6 Å². The minimum absolute atomic E-state index is 0.0489. The number of aryl methyl sites for hydroxylation is 1. The average molecular weight is 395 g/mol. The second-order valence-corrected chi connectivity index (χ2v) is 7.58. The van der Waals surface area contributed by atoms with Gasteiger partial charge in [0.25, 0.3) is 11.8 Å². The van der Waals surface area contributed by atoms with Gasteiger partial charge < -0.3 is 10.2 Å². The van der Waals surface area contributed by atoms with Gasteiger partial charge in [0, 0.05) is 18.8 Å². The van der Waals surface area contributed by atoms with E-state index in [1.54, 1.807) is 18.2 Å². The Kier molecular flexibility index (Phi) is 9.42. The van der Waals surface area contributed by atoms with E-state index in [1.165, 1.54) is 0 Å². The molecule has 0 atom stereocenters. The lowest BCUT2D eigenvalue weighted by atomic mass is 10.0. The van der Waals surface area contributed by atoms with Crippen LogP contribution in [-0.2, 0) is 0 Å². The van der Waals surface area contributed by atoms with Gasteiger partial charge in [-0.15, -0.1) is 0 Å². The fourth-order valence-electron chi connectivity index (χ4n) is 3.38. The van der Waals surface area contributed by atoms with E-state index in [2.05, 4.69) is 19.2 Å². The molecular weight excluding hydrogens is 360 g/mol. The van der Waals surface area contributed by atoms with E-state index in [1.807, 2.05) is 42.2 Å². The van der Waals surface area contributed by atoms with Crippen molar-refractivity contribution in [3.63, 3.8) is 0 Å². The molecule has 0 spiro atoms. The van der Waals surface area contributed by atoms with Gasteiger partial charge in [-0.2, -0.15) is 0 Å². The number of amides is 2. The first-order valence-corrected chi connectivity index (χ1v) is 10.8. The Labute approximate surface area is 175 Å². The van der Waals surface area contributed by atoms with E-state index in [0.29, 0.717) is 11.1 Å². The molecule has 2 aromatic rings. The second kappa shape index (κ2) is 12.1. The third-order valence-corrected chi connectivity index (χ3v) is 5.03. The first-order valence-electron chi connectivity index (χ1n) is 10.8. The van der Waals surface area contributed by atoms with Crippen LogP contribution in [0.1, 0.15) is 78.7 Å². The van der Waals surface area contributed by atoms with Crippen LogP contribution in [0, 0.1) is 6.92 Å². The highest BCUT2D eigenvalue weighted by molar-refractivity contribution is 6.12. The van der Waals surface area contributed by atoms with E-state index in [9.17, 15) is 9.59 Å². The van der Waals surface area contributed by atoms with Gasteiger partial charge >= 0.3 is 0 Å². The van der Waals surface area contributed by atoms with Crippen LogP contribution in [0.2, 0.25) is 0 Å². The Morgan fingerprint density at radius 2 is 1.45 bits per heavy atom. The van der Waals surface area contributed by atoms with Crippen molar-refractivity contribution in [3.05, 3.63) is 65.2 Å². The molecule has 2 rings (SSSR count). The molecular formula is C25H34N2O2. The van der Waals surface area contributed by atoms with Crippen LogP contribution in [0.4, 0.5) is 5.69 Å². The molecule has 0 saturated carbocycles. The van der Waals surface area contributed by atoms with Crippen molar-refractivity contribution >= 4 is 17.5 Å². The van der Waals surface area contributed by atoms with Crippen LogP contribution in [0.25, 0.3) is 0 Å². The normalized spacial score (nSPS) is 10.6. The van der Waals surface area contributed by atoms with Crippen LogP contribution in [0.3, 0.4) is 0 Å². The number of unbranched alkanes of at least 4 members (excludes halogenated alkanes) is 4. The number of nitrogens with zero attached hydrogens (tertiary/aromatic N) is 1. The SMILES string of the molecule is CCCCCN(CCCCC)C(=O)c1ccccc1C(=O)Nc1cccc(C)c1. The smallest absolute Gasteiger partial charge is 0.256 e. The molecule has 0 heterocycles. The zero-order valence-corrected chi connectivity index (χ0v) is 18.0. The number of nitrogens with one attached hydrogen (secondary N) is 1. The van der Waals surface area contributed by atoms with Gasteiger partial charge in [0.1, 0.15) is 0 Å². The fraction of sp³-hybridized carbons (Fsp3) is 0.440. The predicted molar refractivity (Wildman–Crippen MR) is 121 cm³/mol. The van der Waals surface area contributed by atoms with Crippen LogP contribution >= 0.6 is 0 Å². The summed E-state index contributed by atoms with van der Waals surface area (Å²) in [5.74, 6) is -0.297. The number of rotatable bonds is 11. The van der Waals surface area contributed by atoms with Crippen molar-refractivity contribution in [2.75, 3.05) is 18.4 Å². The van der Waals surface area contributed by atoms with E-state index in [-0.39, 0.29) is 11.8 Å². The monoisotopic (exact) mass is 394 g/mol. The van der Waals surface area contributed by atoms with E-state index < -0.39 is 0 Å². The summed E-state index contributed by atoms with van der Waals surface area (Å²) in [5.41, 5.74) is 2.71. The molecule has 2 amide bonds. The van der Waals surface area contributed by atoms with Crippen molar-refractivity contribution in [2.24, 2.45) is 0 Å². The van der Waals surface area contributed by atoms with E-state index >= 15 is 0 Å². The molecule has 2 aromatic carbocycles. The predicted octanol–water partition coefficient (Wildman–Crippen LogP) is 6.07. The molecule has 29 heavy (non-hydrogen) atoms. The maximum atomic E-state index is 13.3. The molecule has 4 heteroatoms. The fourth-order valence-corrected chi connectivity index (χ4v) is 3.38. The Morgan fingerprint density at radius 1 is 0.828 bits per heavy atom. The lowest BCUT2D eigenvalue weighted by molar-refractivity contribution is 0.0745. The highest BCUT2D eigenvalue weighted by Crippen LogP contribution is 2.17. The standard InChI is InChI=1S/C25H34N2O2/c1-4-6-10-17-27(18-11-7-5-2)25(29)23-16-9-8-15-22(23)24(28)26-21-14-12-13-20(3)19-21/h8-9,12-16,19H,4-7,10-11,17-18H2,1-3H3,(H,26,28). The third kappa shape index (κ3) is 7.04. The first-order chi connectivity index (χ1) is 14.1. The molecule has 0 unspecified atom stereocenters. The quantitative estimate of drug-likeness (QED) is 0.470. The van der Waals surface area contributed by atoms with Crippen LogP contribution < -0.4 is 5.32 Å². The first kappa shape index (κ1) is 22.7. The highest BCUT2D eigenvalue weighted by Gasteiger charge is 2.21. The average Bonchev–Trinajstić information content (AvgIpc) is 2.72. The maximum absolute atomic E-state index is 13.3. The highest BCUT2D eigenvalue weighted by atomic mass is 16.2. The van der Waals surface area contributed by atoms with Crippen molar-refractivity contribution < 1.29 is 9.59 Å². The maximum Gasteiger partial charge on any atom is 0.256 e. The summed E-state index contributed by atoms with van der Waals surface area (Å²) >= 11 is 0. The zero-order valence-electron chi connectivity index (χ0n) is 18.0. The second-order valence-electron chi connectivity index (χ2n) is 7.58. The molecule has 0 fully saturated rings. The van der Waals surface area contributed by atoms with E-state index in [0.717, 1.165) is 62.9 Å². The summed E-state index contributed by atoms with van der Waals surface area (Å²) in [4.78, 5) is 28.1. The van der Waals surface area contributed by atoms with Gasteiger partial charge in [-0.1, -0.05) is 63.8 Å². The minimum Gasteiger partial charge on any atom is -0.339 e. The molecule has 0 bridgehead atoms. The zero-order chi connectivity index (χ0) is 21.1. The topological polar surface area (TPSA) is 49.4 Å². The van der Waals surface area contributed by atoms with Crippen molar-refractivity contribution in [2.45, 2.75) is 59.3 Å². The lowest BCUT2D eigenvalue weighted by Crippen LogP contribution is -2.34. The summed E-state index contributed by atoms with van der Waals surface area (Å²) in [7, 11) is 0. The Hall–Kier alpha value is -2.62. The third-order valence-electron chi connectivity index (χ3n) is 5.03. The van der Waals surface area contributed by atoms with Gasteiger partial charge in [0.15, 0.2) is 0 Å². The largest absolute Gasteiger partial charge is 0.339 e. The molecule has 0 saturated heterocycles. The molecule has 0 radical (unpaired) electrons. The van der Waals surface area contributed by atoms with Gasteiger partial charge in [0.2, 0.25) is 0 Å². The molecule has 4 nitrogen and oxygen atoms in total. The van der Waals surface area contributed by atoms with E-state index in [4.69, 9.17) is 0 Å². The number of hydrogen-bond donors (Lipinski definition) is 1. The van der Waals surface area contributed by atoms with Crippen LogP contribution in [0.5, 0.6) is 0 Å². The number of hydrogen-bond acceptors (Lipinski definition) is 2. The van der Waals surface area contributed by atoms with Crippen molar-refractivity contribution in [1.82, 2.24) is 4.90 Å². The van der Waals surface area contributed by atoms with Gasteiger partial charge in [-0.25, -0.2) is 0 Å². The summed E-state index contributed by atoms with van der Waals surface area (Å²) in [5, 5.41) is 2.93. The Balaban J connectivity index is 2.20. The lowest BCUT2D eigenvalue weighted by Gasteiger charge is -2.24. The molecule has 156 valence electrons. The summed E-state index contributed by atoms with van der Waals surface area (Å²) in [6, 6.07) is 14.8. The van der Waals surface area contributed by atoms with Crippen LogP contribution in [-0.4, -0.2) is 29.8 Å². The van der Waals surface area contributed by atoms with Crippen molar-refractivity contribution in [3.8, 4) is 0 Å². The minimum atomic E-state index is -0.249. The molecule has 1 N–H and O–H groups in total. The summed E-state index contributed by atoms with van der Waals surface area (Å²) < 4.78 is 0.